The SMILES string of the molecule is C[C@H]1[C@H](C)CC[C@]2(C)CC[C@]3(C)C(=CC[C@@H]4[C@@]5(C)CC[C@H](OC(=O)CNC(=O)c6ccccc6)C(C)(C)[C@@H]5CC[C@]43C)[C@H]12. The fraction of sp³-hybridized carbons (Fsp3) is 0.744. The predicted octanol–water partition coefficient (Wildman–Crippen LogP) is 9.01. The van der Waals surface area contributed by atoms with Crippen molar-refractivity contribution in [2.45, 2.75) is 119 Å². The molecule has 0 radical (unpaired) electrons. The minimum atomic E-state index is -0.328. The normalized spacial score (nSPS) is 44.9. The first kappa shape index (κ1) is 30.9. The van der Waals surface area contributed by atoms with Crippen molar-refractivity contribution in [3.8, 4) is 0 Å². The lowest BCUT2D eigenvalue weighted by atomic mass is 9.33. The van der Waals surface area contributed by atoms with Crippen LogP contribution in [0.5, 0.6) is 0 Å². The van der Waals surface area contributed by atoms with E-state index in [2.05, 4.69) is 66.8 Å². The molecule has 4 heteroatoms. The third-order valence-corrected chi connectivity index (χ3v) is 15.0. The van der Waals surface area contributed by atoms with Gasteiger partial charge in [0.1, 0.15) is 12.6 Å². The van der Waals surface area contributed by atoms with Crippen LogP contribution in [-0.4, -0.2) is 24.5 Å². The fourth-order valence-electron chi connectivity index (χ4n) is 12.1. The molecule has 0 aliphatic heterocycles. The monoisotopic (exact) mass is 587 g/mol. The minimum Gasteiger partial charge on any atom is -0.460 e. The average Bonchev–Trinajstić information content (AvgIpc) is 2.96. The standard InChI is InChI=1S/C39H57NO3/c1-25-16-19-36(5)22-23-38(7)28(33(36)26(25)2)14-15-30-37(6)20-18-31(35(3,4)29(37)17-21-39(30,38)8)43-32(41)24-40-34(42)27-12-10-9-11-13-27/h9-14,25-26,29-31,33H,15-24H2,1-8H3,(H,40,42)/t25-,26+,29+,30-,31+,33+,36-,37+,38-,39-/m1/s1. The maximum atomic E-state index is 13.0. The topological polar surface area (TPSA) is 55.4 Å². The molecule has 1 aromatic rings. The zero-order valence-corrected chi connectivity index (χ0v) is 28.2. The highest BCUT2D eigenvalue weighted by atomic mass is 16.5. The van der Waals surface area contributed by atoms with Gasteiger partial charge in [0.25, 0.3) is 5.91 Å². The molecule has 1 N–H and O–H groups in total. The Labute approximate surface area is 261 Å². The van der Waals surface area contributed by atoms with E-state index in [1.54, 1.807) is 12.1 Å². The molecule has 4 nitrogen and oxygen atoms in total. The van der Waals surface area contributed by atoms with Gasteiger partial charge in [-0.1, -0.05) is 85.2 Å². The van der Waals surface area contributed by atoms with Crippen molar-refractivity contribution in [2.24, 2.45) is 56.7 Å². The first-order valence-electron chi connectivity index (χ1n) is 17.4. The van der Waals surface area contributed by atoms with Gasteiger partial charge < -0.3 is 10.1 Å². The largest absolute Gasteiger partial charge is 0.460 e. The molecule has 236 valence electrons. The molecular formula is C39H57NO3. The summed E-state index contributed by atoms with van der Waals surface area (Å²) >= 11 is 0. The highest BCUT2D eigenvalue weighted by molar-refractivity contribution is 5.95. The summed E-state index contributed by atoms with van der Waals surface area (Å²) in [6.07, 6.45) is 13.8. The summed E-state index contributed by atoms with van der Waals surface area (Å²) in [5, 5.41) is 2.76. The smallest absolute Gasteiger partial charge is 0.325 e. The van der Waals surface area contributed by atoms with Crippen LogP contribution in [0.3, 0.4) is 0 Å². The first-order valence-corrected chi connectivity index (χ1v) is 17.4. The van der Waals surface area contributed by atoms with Crippen molar-refractivity contribution in [1.29, 1.82) is 0 Å². The zero-order chi connectivity index (χ0) is 31.0. The van der Waals surface area contributed by atoms with E-state index in [1.165, 1.54) is 44.9 Å². The highest BCUT2D eigenvalue weighted by Gasteiger charge is 2.68. The summed E-state index contributed by atoms with van der Waals surface area (Å²) in [4.78, 5) is 25.5. The molecule has 5 aliphatic carbocycles. The summed E-state index contributed by atoms with van der Waals surface area (Å²) in [6.45, 7) is 20.2. The Bertz CT molecular complexity index is 1280. The van der Waals surface area contributed by atoms with E-state index in [-0.39, 0.29) is 40.8 Å². The van der Waals surface area contributed by atoms with E-state index in [4.69, 9.17) is 4.74 Å². The van der Waals surface area contributed by atoms with Crippen LogP contribution in [0.1, 0.15) is 124 Å². The van der Waals surface area contributed by atoms with Crippen LogP contribution < -0.4 is 5.32 Å². The maximum absolute atomic E-state index is 13.0. The summed E-state index contributed by atoms with van der Waals surface area (Å²) in [5.74, 6) is 2.89. The Hall–Kier alpha value is -2.10. The Morgan fingerprint density at radius 3 is 2.30 bits per heavy atom. The van der Waals surface area contributed by atoms with E-state index >= 15 is 0 Å². The Morgan fingerprint density at radius 2 is 1.58 bits per heavy atom. The lowest BCUT2D eigenvalue weighted by Gasteiger charge is -2.71. The molecule has 6 rings (SSSR count). The molecule has 4 saturated carbocycles. The van der Waals surface area contributed by atoms with Gasteiger partial charge >= 0.3 is 5.97 Å². The second-order valence-electron chi connectivity index (χ2n) is 17.2. The second kappa shape index (κ2) is 10.5. The summed E-state index contributed by atoms with van der Waals surface area (Å²) < 4.78 is 6.18. The number of amides is 1. The van der Waals surface area contributed by atoms with Crippen LogP contribution >= 0.6 is 0 Å². The van der Waals surface area contributed by atoms with Gasteiger partial charge in [-0.05, 0) is 121 Å². The van der Waals surface area contributed by atoms with Gasteiger partial charge in [0.2, 0.25) is 0 Å². The quantitative estimate of drug-likeness (QED) is 0.282. The van der Waals surface area contributed by atoms with Crippen molar-refractivity contribution >= 4 is 11.9 Å². The van der Waals surface area contributed by atoms with Gasteiger partial charge in [-0.3, -0.25) is 9.59 Å². The van der Waals surface area contributed by atoms with Crippen molar-refractivity contribution < 1.29 is 14.3 Å². The van der Waals surface area contributed by atoms with E-state index in [0.717, 1.165) is 30.6 Å². The second-order valence-corrected chi connectivity index (χ2v) is 17.2. The Morgan fingerprint density at radius 1 is 0.860 bits per heavy atom. The van der Waals surface area contributed by atoms with Crippen LogP contribution in [-0.2, 0) is 9.53 Å². The zero-order valence-electron chi connectivity index (χ0n) is 28.2. The molecule has 0 heterocycles. The van der Waals surface area contributed by atoms with Gasteiger partial charge in [-0.25, -0.2) is 0 Å². The molecule has 0 saturated heterocycles. The van der Waals surface area contributed by atoms with Gasteiger partial charge in [0.05, 0.1) is 0 Å². The molecule has 1 amide bonds. The molecular weight excluding hydrogens is 530 g/mol. The van der Waals surface area contributed by atoms with Crippen LogP contribution in [0.25, 0.3) is 0 Å². The lowest BCUT2D eigenvalue weighted by molar-refractivity contribution is -0.212. The van der Waals surface area contributed by atoms with Gasteiger partial charge in [0.15, 0.2) is 0 Å². The first-order chi connectivity index (χ1) is 20.2. The lowest BCUT2D eigenvalue weighted by Crippen LogP contribution is -2.65. The number of carbonyl (C=O) groups is 2. The predicted molar refractivity (Wildman–Crippen MR) is 173 cm³/mol. The molecule has 43 heavy (non-hydrogen) atoms. The number of benzene rings is 1. The van der Waals surface area contributed by atoms with Crippen LogP contribution in [0.4, 0.5) is 0 Å². The fourth-order valence-corrected chi connectivity index (χ4v) is 12.1. The molecule has 4 fully saturated rings. The number of allylic oxidation sites excluding steroid dienone is 2. The Kier molecular flexibility index (Phi) is 7.53. The van der Waals surface area contributed by atoms with E-state index in [9.17, 15) is 9.59 Å². The molecule has 0 spiro atoms. The molecule has 0 unspecified atom stereocenters. The van der Waals surface area contributed by atoms with Crippen LogP contribution in [0.2, 0.25) is 0 Å². The minimum absolute atomic E-state index is 0.0913. The van der Waals surface area contributed by atoms with E-state index < -0.39 is 0 Å². The third-order valence-electron chi connectivity index (χ3n) is 15.0. The maximum Gasteiger partial charge on any atom is 0.325 e. The number of hydrogen-bond acceptors (Lipinski definition) is 3. The summed E-state index contributed by atoms with van der Waals surface area (Å²) in [5.41, 5.74) is 3.53. The van der Waals surface area contributed by atoms with Gasteiger partial charge in [-0.2, -0.15) is 0 Å². The van der Waals surface area contributed by atoms with E-state index in [0.29, 0.717) is 28.2 Å². The number of ether oxygens (including phenoxy) is 1. The summed E-state index contributed by atoms with van der Waals surface area (Å²) in [6, 6.07) is 9.05. The number of esters is 1. The Balaban J connectivity index is 1.20. The molecule has 0 bridgehead atoms. The van der Waals surface area contributed by atoms with Crippen molar-refractivity contribution in [3.05, 3.63) is 47.5 Å². The van der Waals surface area contributed by atoms with Gasteiger partial charge in [-0.15, -0.1) is 0 Å². The van der Waals surface area contributed by atoms with Crippen LogP contribution in [0, 0.1) is 56.7 Å². The van der Waals surface area contributed by atoms with Crippen molar-refractivity contribution in [1.82, 2.24) is 5.32 Å². The van der Waals surface area contributed by atoms with E-state index in [1.807, 2.05) is 23.8 Å². The average molecular weight is 588 g/mol. The number of nitrogens with one attached hydrogen (secondary N) is 1. The third kappa shape index (κ3) is 4.58. The number of hydrogen-bond donors (Lipinski definition) is 1. The van der Waals surface area contributed by atoms with Crippen molar-refractivity contribution in [3.63, 3.8) is 0 Å². The number of carbonyl (C=O) groups excluding carboxylic acids is 2. The van der Waals surface area contributed by atoms with Gasteiger partial charge in [0, 0.05) is 11.0 Å². The molecule has 10 atom stereocenters. The summed E-state index contributed by atoms with van der Waals surface area (Å²) in [7, 11) is 0. The number of fused-ring (bicyclic) bond motifs is 7. The highest BCUT2D eigenvalue weighted by Crippen LogP contribution is 2.75. The van der Waals surface area contributed by atoms with Crippen LogP contribution in [0.15, 0.2) is 42.0 Å². The van der Waals surface area contributed by atoms with Crippen molar-refractivity contribution in [2.75, 3.05) is 6.54 Å². The molecule has 0 aromatic heterocycles. The molecule has 5 aliphatic rings. The molecule has 1 aromatic carbocycles. The number of rotatable bonds is 4.